The van der Waals surface area contributed by atoms with Crippen molar-refractivity contribution < 1.29 is 45.0 Å². The number of carbonyl (C=O) groups is 1. The van der Waals surface area contributed by atoms with Crippen LogP contribution < -0.4 is 0 Å². The zero-order chi connectivity index (χ0) is 26.5. The first kappa shape index (κ1) is 24.3. The molecule has 3 heterocycles. The maximum atomic E-state index is 13.2. The fraction of sp³-hybridized carbons (Fsp3) is 0.760. The van der Waals surface area contributed by atoms with Crippen molar-refractivity contribution in [3.8, 4) is 0 Å². The van der Waals surface area contributed by atoms with Crippen LogP contribution in [0.5, 0.6) is 0 Å². The fourth-order valence-corrected chi connectivity index (χ4v) is 9.50. The molecule has 11 heteroatoms. The van der Waals surface area contributed by atoms with Gasteiger partial charge in [-0.05, 0) is 37.8 Å². The van der Waals surface area contributed by atoms with E-state index in [-0.39, 0.29) is 24.2 Å². The molecule has 0 amide bonds. The largest absolute Gasteiger partial charge is 0.451 e. The highest BCUT2D eigenvalue weighted by Gasteiger charge is 3.10. The Kier molecular flexibility index (Phi) is 4.16. The second-order valence-electron chi connectivity index (χ2n) is 12.3. The summed E-state index contributed by atoms with van der Waals surface area (Å²) in [6.45, 7) is 7.86. The van der Waals surface area contributed by atoms with Crippen molar-refractivity contribution in [2.75, 3.05) is 0 Å². The third-order valence-corrected chi connectivity index (χ3v) is 11.2. The van der Waals surface area contributed by atoms with Gasteiger partial charge in [-0.2, -0.15) is 0 Å². The Bertz CT molecular complexity index is 1200. The number of aliphatic hydroxyl groups is 5. The molecule has 2 aliphatic heterocycles. The number of nitrogens with zero attached hydrogens (tertiary/aromatic N) is 1. The quantitative estimate of drug-likeness (QED) is 0.172. The Morgan fingerprint density at radius 3 is 2.44 bits per heavy atom. The fourth-order valence-electron chi connectivity index (χ4n) is 9.50. The number of hydrogen-bond acceptors (Lipinski definition) is 10. The SMILES string of the molecule is CC(C)[C@@]1(O)[C@@H](OC(=O)c2ccc[nH]2)[C@@]2(O)[C@@]3(C)C[C@]4(O)O[C@@]5(/C(=N/O)[C@@H](C)CC[C@]35O)[C@@]2(O)[C@]14C. The molecule has 6 fully saturated rings. The van der Waals surface area contributed by atoms with Crippen molar-refractivity contribution >= 4 is 11.7 Å². The van der Waals surface area contributed by atoms with E-state index in [2.05, 4.69) is 10.1 Å². The normalized spacial score (nSPS) is 57.6. The average molecular weight is 507 g/mol. The van der Waals surface area contributed by atoms with Gasteiger partial charge < -0.3 is 45.2 Å². The number of rotatable bonds is 3. The number of hydrogen-bond donors (Lipinski definition) is 7. The van der Waals surface area contributed by atoms with E-state index in [0.29, 0.717) is 6.42 Å². The van der Waals surface area contributed by atoms with Gasteiger partial charge in [-0.1, -0.05) is 32.9 Å². The van der Waals surface area contributed by atoms with Crippen LogP contribution >= 0.6 is 0 Å². The summed E-state index contributed by atoms with van der Waals surface area (Å²) in [5, 5.41) is 76.4. The van der Waals surface area contributed by atoms with Crippen LogP contribution in [0.25, 0.3) is 0 Å². The summed E-state index contributed by atoms with van der Waals surface area (Å²) in [5.41, 5.74) is -15.6. The first-order valence-electron chi connectivity index (χ1n) is 12.4. The van der Waals surface area contributed by atoms with Gasteiger partial charge in [0.05, 0.1) is 11.1 Å². The molecule has 7 rings (SSSR count). The Balaban J connectivity index is 1.71. The molecular weight excluding hydrogens is 472 g/mol. The maximum Gasteiger partial charge on any atom is 0.355 e. The molecular formula is C25H34N2O9. The minimum Gasteiger partial charge on any atom is -0.451 e. The molecule has 4 saturated carbocycles. The highest BCUT2D eigenvalue weighted by molar-refractivity contribution is 6.01. The number of aromatic amines is 1. The number of H-pyrrole nitrogens is 1. The number of esters is 1. The van der Waals surface area contributed by atoms with E-state index >= 15 is 0 Å². The van der Waals surface area contributed by atoms with Crippen molar-refractivity contribution in [2.24, 2.45) is 27.8 Å². The van der Waals surface area contributed by atoms with Crippen LogP contribution in [0.4, 0.5) is 0 Å². The second-order valence-corrected chi connectivity index (χ2v) is 12.3. The number of nitrogens with one attached hydrogen (secondary N) is 1. The topological polar surface area (TPSA) is 185 Å². The first-order chi connectivity index (χ1) is 16.6. The Hall–Kier alpha value is -2.02. The van der Waals surface area contributed by atoms with Crippen molar-refractivity contribution in [3.63, 3.8) is 0 Å². The lowest BCUT2D eigenvalue weighted by Gasteiger charge is -2.59. The van der Waals surface area contributed by atoms with Crippen molar-refractivity contribution in [1.82, 2.24) is 4.98 Å². The van der Waals surface area contributed by atoms with Crippen LogP contribution in [0, 0.1) is 22.7 Å². The molecule has 1 spiro atoms. The molecule has 11 nitrogen and oxygen atoms in total. The lowest BCUT2D eigenvalue weighted by molar-refractivity contribution is -0.366. The second kappa shape index (κ2) is 6.16. The summed E-state index contributed by atoms with van der Waals surface area (Å²) in [4.78, 5) is 15.9. The van der Waals surface area contributed by atoms with E-state index < -0.39 is 68.5 Å². The van der Waals surface area contributed by atoms with Crippen LogP contribution in [0.15, 0.2) is 23.5 Å². The number of aromatic nitrogens is 1. The molecule has 6 aliphatic rings. The minimum atomic E-state index is -2.63. The van der Waals surface area contributed by atoms with Crippen molar-refractivity contribution in [2.45, 2.75) is 93.8 Å². The molecule has 6 bridgehead atoms. The van der Waals surface area contributed by atoms with Crippen molar-refractivity contribution in [3.05, 3.63) is 24.0 Å². The Morgan fingerprint density at radius 2 is 1.89 bits per heavy atom. The van der Waals surface area contributed by atoms with Gasteiger partial charge >= 0.3 is 5.97 Å². The molecule has 0 radical (unpaired) electrons. The molecule has 7 N–H and O–H groups in total. The smallest absolute Gasteiger partial charge is 0.355 e. The Labute approximate surface area is 207 Å². The van der Waals surface area contributed by atoms with Gasteiger partial charge in [-0.15, -0.1) is 0 Å². The van der Waals surface area contributed by atoms with Gasteiger partial charge in [0.15, 0.2) is 17.5 Å². The van der Waals surface area contributed by atoms with Crippen LogP contribution in [-0.2, 0) is 9.47 Å². The monoisotopic (exact) mass is 506 g/mol. The van der Waals surface area contributed by atoms with Gasteiger partial charge in [0, 0.05) is 24.0 Å². The van der Waals surface area contributed by atoms with E-state index in [0.717, 1.165) is 0 Å². The first-order valence-corrected chi connectivity index (χ1v) is 12.4. The molecule has 198 valence electrons. The van der Waals surface area contributed by atoms with Crippen LogP contribution in [0.3, 0.4) is 0 Å². The van der Waals surface area contributed by atoms with E-state index in [4.69, 9.17) is 9.47 Å². The van der Waals surface area contributed by atoms with E-state index in [1.165, 1.54) is 26.1 Å². The van der Waals surface area contributed by atoms with Gasteiger partial charge in [0.1, 0.15) is 28.1 Å². The highest BCUT2D eigenvalue weighted by atomic mass is 16.7. The minimum absolute atomic E-state index is 0.0396. The van der Waals surface area contributed by atoms with Crippen LogP contribution in [-0.4, -0.2) is 87.3 Å². The van der Waals surface area contributed by atoms with Crippen molar-refractivity contribution in [1.29, 1.82) is 0 Å². The van der Waals surface area contributed by atoms with Crippen LogP contribution in [0.2, 0.25) is 0 Å². The summed E-state index contributed by atoms with van der Waals surface area (Å²) in [6, 6.07) is 3.05. The summed E-state index contributed by atoms with van der Waals surface area (Å²) in [5.74, 6) is -4.45. The maximum absolute atomic E-state index is 13.2. The molecule has 0 unspecified atom stereocenters. The zero-order valence-corrected chi connectivity index (χ0v) is 20.9. The van der Waals surface area contributed by atoms with Gasteiger partial charge in [0.2, 0.25) is 0 Å². The summed E-state index contributed by atoms with van der Waals surface area (Å²) >= 11 is 0. The number of ether oxygens (including phenoxy) is 2. The zero-order valence-electron chi connectivity index (χ0n) is 20.9. The molecule has 2 saturated heterocycles. The molecule has 0 aromatic carbocycles. The van der Waals surface area contributed by atoms with E-state index in [1.807, 2.05) is 0 Å². The number of carbonyl (C=O) groups excluding carboxylic acids is 1. The summed E-state index contributed by atoms with van der Waals surface area (Å²) in [7, 11) is 0. The van der Waals surface area contributed by atoms with E-state index in [9.17, 15) is 35.5 Å². The predicted octanol–water partition coefficient (Wildman–Crippen LogP) is 0.282. The average Bonchev–Trinajstić information content (AvgIpc) is 3.43. The molecule has 1 aromatic rings. The van der Waals surface area contributed by atoms with E-state index in [1.54, 1.807) is 26.8 Å². The highest BCUT2D eigenvalue weighted by Crippen LogP contribution is 2.90. The van der Waals surface area contributed by atoms with Gasteiger partial charge in [0.25, 0.3) is 0 Å². The van der Waals surface area contributed by atoms with Gasteiger partial charge in [-0.25, -0.2) is 4.79 Å². The lowest BCUT2D eigenvalue weighted by atomic mass is 9.52. The molecule has 36 heavy (non-hydrogen) atoms. The third-order valence-electron chi connectivity index (χ3n) is 11.2. The van der Waals surface area contributed by atoms with Gasteiger partial charge in [-0.3, -0.25) is 0 Å². The number of oxime groups is 1. The third kappa shape index (κ3) is 1.74. The standard InChI is InChI=1S/C25H34N2O9/c1-12(2)22(31)17(35-16(28)14-7-6-10-26-14)23(32)18(4)11-21(30)19(22,5)25(23,33)24(36-21)15(27-34)13(3)8-9-20(18,24)29/h6-7,10,12-13,17,26,29-34H,8-9,11H2,1-5H3/b27-15+/t13-,17+,18-,19-,20-,21-,22+,23+,24+,25+/m0/s1. The molecule has 4 aliphatic carbocycles. The summed E-state index contributed by atoms with van der Waals surface area (Å²) < 4.78 is 12.1. The van der Waals surface area contributed by atoms with Crippen LogP contribution in [0.1, 0.15) is 64.4 Å². The predicted molar refractivity (Wildman–Crippen MR) is 122 cm³/mol. The summed E-state index contributed by atoms with van der Waals surface area (Å²) in [6.07, 6.45) is -0.260. The lowest BCUT2D eigenvalue weighted by Crippen LogP contribution is -2.73. The molecule has 1 aromatic heterocycles. The molecule has 10 atom stereocenters. The Morgan fingerprint density at radius 1 is 1.22 bits per heavy atom.